The number of nitrogens with one attached hydrogen (secondary N) is 2. The molecule has 35 heavy (non-hydrogen) atoms. The molecule has 2 heterocycles. The fourth-order valence-electron chi connectivity index (χ4n) is 5.53. The molecule has 2 N–H and O–H groups in total. The van der Waals surface area contributed by atoms with Gasteiger partial charge >= 0.3 is 0 Å². The standard InChI is InChI=1S/C30H32N4.CH4/c1-4-29-31-16-27(33-29)19-10-12-23-24-13-11-20(28-17-32-30(34-28)18(2)3)15-26(24)22-9-7-5-6-8-21(22)25(23)14-19;/h10-18H,4-9H2,1-3H3,(H,31,33)(H,32,34);1H4. The van der Waals surface area contributed by atoms with Crippen molar-refractivity contribution in [3.05, 3.63) is 71.6 Å². The van der Waals surface area contributed by atoms with Gasteiger partial charge in [-0.15, -0.1) is 0 Å². The molecule has 0 unspecified atom stereocenters. The summed E-state index contributed by atoms with van der Waals surface area (Å²) >= 11 is 0. The molecular weight excluding hydrogens is 428 g/mol. The molecule has 1 aliphatic rings. The lowest BCUT2D eigenvalue weighted by atomic mass is 9.87. The molecule has 0 saturated carbocycles. The van der Waals surface area contributed by atoms with Gasteiger partial charge in [-0.25, -0.2) is 9.97 Å². The summed E-state index contributed by atoms with van der Waals surface area (Å²) in [6.45, 7) is 6.49. The molecule has 4 heteroatoms. The highest BCUT2D eigenvalue weighted by molar-refractivity contribution is 6.12. The number of aryl methyl sites for hydroxylation is 3. The zero-order valence-corrected chi connectivity index (χ0v) is 20.3. The zero-order valence-electron chi connectivity index (χ0n) is 20.3. The van der Waals surface area contributed by atoms with Crippen molar-refractivity contribution in [1.29, 1.82) is 0 Å². The molecule has 0 atom stereocenters. The van der Waals surface area contributed by atoms with Crippen molar-refractivity contribution < 1.29 is 0 Å². The van der Waals surface area contributed by atoms with Crippen LogP contribution in [0.1, 0.15) is 76.2 Å². The highest BCUT2D eigenvalue weighted by atomic mass is 14.9. The molecule has 0 bridgehead atoms. The topological polar surface area (TPSA) is 57.4 Å². The van der Waals surface area contributed by atoms with Crippen LogP contribution in [0, 0.1) is 0 Å². The lowest BCUT2D eigenvalue weighted by Gasteiger charge is -2.17. The molecule has 180 valence electrons. The van der Waals surface area contributed by atoms with E-state index < -0.39 is 0 Å². The minimum atomic E-state index is 0. The van der Waals surface area contributed by atoms with Crippen molar-refractivity contribution in [3.63, 3.8) is 0 Å². The Labute approximate surface area is 208 Å². The SMILES string of the molecule is C.CCc1ncc(-c2ccc3c(c2)c2c(c4cc(-c5cnc(C(C)C)[nH]5)ccc43)CCCCC2)[nH]1. The molecule has 0 spiro atoms. The van der Waals surface area contributed by atoms with Gasteiger partial charge in [0, 0.05) is 23.5 Å². The van der Waals surface area contributed by atoms with Crippen LogP contribution in [-0.2, 0) is 19.3 Å². The van der Waals surface area contributed by atoms with Crippen molar-refractivity contribution in [2.45, 2.75) is 72.6 Å². The molecule has 0 radical (unpaired) electrons. The van der Waals surface area contributed by atoms with Crippen LogP contribution in [0.25, 0.3) is 44.1 Å². The largest absolute Gasteiger partial charge is 0.342 e. The molecule has 1 aliphatic carbocycles. The van der Waals surface area contributed by atoms with Gasteiger partial charge < -0.3 is 9.97 Å². The van der Waals surface area contributed by atoms with Crippen molar-refractivity contribution in [1.82, 2.24) is 19.9 Å². The molecule has 0 amide bonds. The zero-order chi connectivity index (χ0) is 23.2. The number of hydrogen-bond donors (Lipinski definition) is 2. The summed E-state index contributed by atoms with van der Waals surface area (Å²) in [6.07, 6.45) is 11.0. The van der Waals surface area contributed by atoms with Crippen LogP contribution in [-0.4, -0.2) is 19.9 Å². The van der Waals surface area contributed by atoms with Gasteiger partial charge in [-0.2, -0.15) is 0 Å². The second kappa shape index (κ2) is 9.33. The van der Waals surface area contributed by atoms with E-state index in [0.717, 1.165) is 42.3 Å². The third-order valence-electron chi connectivity index (χ3n) is 7.43. The Morgan fingerprint density at radius 2 is 1.31 bits per heavy atom. The lowest BCUT2D eigenvalue weighted by Crippen LogP contribution is -1.97. The van der Waals surface area contributed by atoms with E-state index in [4.69, 9.17) is 0 Å². The quantitative estimate of drug-likeness (QED) is 0.207. The first-order valence-electron chi connectivity index (χ1n) is 12.7. The highest BCUT2D eigenvalue weighted by Crippen LogP contribution is 2.39. The van der Waals surface area contributed by atoms with Crippen LogP contribution in [0.15, 0.2) is 48.8 Å². The Balaban J connectivity index is 0.00000253. The normalized spacial score (nSPS) is 13.7. The average Bonchev–Trinajstić information content (AvgIpc) is 3.48. The number of rotatable bonds is 4. The number of aromatic amines is 2. The van der Waals surface area contributed by atoms with Gasteiger partial charge in [0.1, 0.15) is 11.6 Å². The average molecular weight is 465 g/mol. The first-order valence-corrected chi connectivity index (χ1v) is 12.7. The number of benzene rings is 3. The van der Waals surface area contributed by atoms with Crippen LogP contribution in [0.3, 0.4) is 0 Å². The molecule has 0 aliphatic heterocycles. The minimum absolute atomic E-state index is 0. The molecule has 5 aromatic rings. The van der Waals surface area contributed by atoms with Crippen molar-refractivity contribution in [3.8, 4) is 22.5 Å². The van der Waals surface area contributed by atoms with Gasteiger partial charge in [-0.3, -0.25) is 0 Å². The van der Waals surface area contributed by atoms with Gasteiger partial charge in [0.15, 0.2) is 0 Å². The Hall–Kier alpha value is -3.40. The number of H-pyrrole nitrogens is 2. The Bertz CT molecular complexity index is 1500. The maximum Gasteiger partial charge on any atom is 0.109 e. The smallest absolute Gasteiger partial charge is 0.109 e. The molecule has 0 fully saturated rings. The second-order valence-corrected chi connectivity index (χ2v) is 9.97. The monoisotopic (exact) mass is 464 g/mol. The molecule has 3 aromatic carbocycles. The lowest BCUT2D eigenvalue weighted by molar-refractivity contribution is 0.713. The van der Waals surface area contributed by atoms with Gasteiger partial charge in [-0.1, -0.05) is 58.9 Å². The van der Waals surface area contributed by atoms with Crippen molar-refractivity contribution in [2.75, 3.05) is 0 Å². The molecule has 6 rings (SSSR count). The number of hydrogen-bond acceptors (Lipinski definition) is 2. The van der Waals surface area contributed by atoms with E-state index in [-0.39, 0.29) is 7.43 Å². The van der Waals surface area contributed by atoms with Crippen LogP contribution < -0.4 is 0 Å². The van der Waals surface area contributed by atoms with Crippen LogP contribution in [0.4, 0.5) is 0 Å². The first-order chi connectivity index (χ1) is 16.6. The third kappa shape index (κ3) is 4.05. The number of nitrogens with zero attached hydrogens (tertiary/aromatic N) is 2. The van der Waals surface area contributed by atoms with E-state index in [1.807, 2.05) is 12.4 Å². The maximum absolute atomic E-state index is 4.61. The minimum Gasteiger partial charge on any atom is -0.342 e. The Morgan fingerprint density at radius 3 is 1.83 bits per heavy atom. The molecule has 2 aromatic heterocycles. The Kier molecular flexibility index (Phi) is 6.22. The van der Waals surface area contributed by atoms with E-state index >= 15 is 0 Å². The fraction of sp³-hybridized carbons (Fsp3) is 0.355. The molecule has 0 saturated heterocycles. The molecule has 4 nitrogen and oxygen atoms in total. The van der Waals surface area contributed by atoms with E-state index in [2.05, 4.69) is 77.1 Å². The summed E-state index contributed by atoms with van der Waals surface area (Å²) in [5.74, 6) is 2.48. The number of aromatic nitrogens is 4. The van der Waals surface area contributed by atoms with E-state index in [9.17, 15) is 0 Å². The van der Waals surface area contributed by atoms with Gasteiger partial charge in [0.2, 0.25) is 0 Å². The summed E-state index contributed by atoms with van der Waals surface area (Å²) in [5, 5.41) is 5.53. The van der Waals surface area contributed by atoms with Crippen LogP contribution in [0.2, 0.25) is 0 Å². The molecular formula is C31H36N4. The predicted octanol–water partition coefficient (Wildman–Crippen LogP) is 8.36. The van der Waals surface area contributed by atoms with E-state index in [0.29, 0.717) is 5.92 Å². The number of fused-ring (bicyclic) bond motifs is 6. The first kappa shape index (κ1) is 23.3. The van der Waals surface area contributed by atoms with Crippen LogP contribution in [0.5, 0.6) is 0 Å². The van der Waals surface area contributed by atoms with Gasteiger partial charge in [0.05, 0.1) is 23.8 Å². The third-order valence-corrected chi connectivity index (χ3v) is 7.43. The summed E-state index contributed by atoms with van der Waals surface area (Å²) in [6, 6.07) is 13.9. The second-order valence-electron chi connectivity index (χ2n) is 9.97. The highest BCUT2D eigenvalue weighted by Gasteiger charge is 2.18. The predicted molar refractivity (Wildman–Crippen MR) is 148 cm³/mol. The van der Waals surface area contributed by atoms with Gasteiger partial charge in [-0.05, 0) is 70.5 Å². The van der Waals surface area contributed by atoms with Crippen molar-refractivity contribution >= 4 is 21.5 Å². The van der Waals surface area contributed by atoms with E-state index in [1.165, 1.54) is 51.9 Å². The summed E-state index contributed by atoms with van der Waals surface area (Å²) in [7, 11) is 0. The Morgan fingerprint density at radius 1 is 0.743 bits per heavy atom. The number of imidazole rings is 2. The summed E-state index contributed by atoms with van der Waals surface area (Å²) in [4.78, 5) is 16.2. The van der Waals surface area contributed by atoms with Crippen molar-refractivity contribution in [2.24, 2.45) is 0 Å². The fourth-order valence-corrected chi connectivity index (χ4v) is 5.53. The maximum atomic E-state index is 4.61. The summed E-state index contributed by atoms with van der Waals surface area (Å²) in [5.41, 5.74) is 7.74. The summed E-state index contributed by atoms with van der Waals surface area (Å²) < 4.78 is 0. The van der Waals surface area contributed by atoms with Gasteiger partial charge in [0.25, 0.3) is 0 Å². The van der Waals surface area contributed by atoms with Crippen LogP contribution >= 0.6 is 0 Å². The van der Waals surface area contributed by atoms with E-state index in [1.54, 1.807) is 11.1 Å².